The Morgan fingerprint density at radius 1 is 1.55 bits per heavy atom. The van der Waals surface area contributed by atoms with Gasteiger partial charge in [-0.05, 0) is 24.0 Å². The summed E-state index contributed by atoms with van der Waals surface area (Å²) in [6.07, 6.45) is 1.96. The van der Waals surface area contributed by atoms with Gasteiger partial charge in [-0.15, -0.1) is 11.8 Å². The van der Waals surface area contributed by atoms with E-state index in [0.717, 1.165) is 17.1 Å². The van der Waals surface area contributed by atoms with Gasteiger partial charge in [-0.25, -0.2) is 0 Å². The van der Waals surface area contributed by atoms with Crippen LogP contribution in [0.4, 0.5) is 0 Å². The quantitative estimate of drug-likeness (QED) is 0.719. The van der Waals surface area contributed by atoms with Crippen molar-refractivity contribution in [2.24, 2.45) is 0 Å². The Bertz CT molecular complexity index is 250. The van der Waals surface area contributed by atoms with Crippen molar-refractivity contribution in [3.05, 3.63) is 35.4 Å². The highest BCUT2D eigenvalue weighted by atomic mass is 35.5. The number of thioether (sulfide) groups is 1. The Labute approximate surface area is 75.4 Å². The monoisotopic (exact) mass is 187 g/mol. The van der Waals surface area contributed by atoms with Crippen molar-refractivity contribution in [2.45, 2.75) is 4.90 Å². The second kappa shape index (κ2) is 4.00. The molecule has 0 aliphatic heterocycles. The van der Waals surface area contributed by atoms with E-state index in [1.54, 1.807) is 17.8 Å². The maximum absolute atomic E-state index is 8.64. The second-order valence-electron chi connectivity index (χ2n) is 2.02. The fraction of sp³-hybridized carbons (Fsp3) is 0.125. The van der Waals surface area contributed by atoms with Gasteiger partial charge in [-0.2, -0.15) is 0 Å². The molecule has 1 rings (SSSR count). The van der Waals surface area contributed by atoms with Gasteiger partial charge in [0.05, 0.1) is 5.02 Å². The van der Waals surface area contributed by atoms with E-state index >= 15 is 0 Å². The van der Waals surface area contributed by atoms with Crippen LogP contribution in [0.5, 0.6) is 0 Å². The average molecular weight is 188 g/mol. The van der Waals surface area contributed by atoms with Crippen molar-refractivity contribution >= 4 is 23.4 Å². The minimum atomic E-state index is 0.681. The third kappa shape index (κ3) is 2.12. The van der Waals surface area contributed by atoms with Gasteiger partial charge in [0, 0.05) is 4.90 Å². The van der Waals surface area contributed by atoms with Crippen molar-refractivity contribution in [1.82, 2.24) is 0 Å². The molecular weight excluding hydrogens is 180 g/mol. The zero-order chi connectivity index (χ0) is 8.27. The van der Waals surface area contributed by atoms with Crippen LogP contribution < -0.4 is 0 Å². The van der Waals surface area contributed by atoms with E-state index in [-0.39, 0.29) is 0 Å². The SMILES string of the molecule is CSc1ccc([CH]O)cc1Cl. The molecular formula is C8H8ClOS. The molecule has 11 heavy (non-hydrogen) atoms. The first kappa shape index (κ1) is 8.91. The Kier molecular flexibility index (Phi) is 3.24. The van der Waals surface area contributed by atoms with Gasteiger partial charge in [0.1, 0.15) is 6.61 Å². The molecule has 0 spiro atoms. The third-order valence-corrected chi connectivity index (χ3v) is 2.55. The average Bonchev–Trinajstić information content (AvgIpc) is 2.04. The van der Waals surface area contributed by atoms with Gasteiger partial charge in [0.25, 0.3) is 0 Å². The second-order valence-corrected chi connectivity index (χ2v) is 3.28. The molecule has 59 valence electrons. The Morgan fingerprint density at radius 3 is 2.73 bits per heavy atom. The number of benzene rings is 1. The Morgan fingerprint density at radius 2 is 2.27 bits per heavy atom. The summed E-state index contributed by atoms with van der Waals surface area (Å²) in [6, 6.07) is 5.43. The van der Waals surface area contributed by atoms with Gasteiger partial charge in [0.2, 0.25) is 0 Å². The number of aliphatic hydroxyl groups excluding tert-OH is 1. The van der Waals surface area contributed by atoms with E-state index in [9.17, 15) is 0 Å². The van der Waals surface area contributed by atoms with E-state index in [4.69, 9.17) is 16.7 Å². The summed E-state index contributed by atoms with van der Waals surface area (Å²) in [5.41, 5.74) is 0.729. The minimum absolute atomic E-state index is 0.681. The fourth-order valence-corrected chi connectivity index (χ4v) is 1.64. The highest BCUT2D eigenvalue weighted by Crippen LogP contribution is 2.26. The van der Waals surface area contributed by atoms with E-state index in [0.29, 0.717) is 5.02 Å². The Hall–Kier alpha value is -0.180. The van der Waals surface area contributed by atoms with Crippen molar-refractivity contribution in [1.29, 1.82) is 0 Å². The van der Waals surface area contributed by atoms with Crippen LogP contribution in [0.3, 0.4) is 0 Å². The van der Waals surface area contributed by atoms with Gasteiger partial charge in [0.15, 0.2) is 0 Å². The molecule has 0 fully saturated rings. The van der Waals surface area contributed by atoms with Crippen LogP contribution in [-0.2, 0) is 0 Å². The van der Waals surface area contributed by atoms with Crippen molar-refractivity contribution in [2.75, 3.05) is 6.26 Å². The van der Waals surface area contributed by atoms with Crippen LogP contribution in [0.25, 0.3) is 0 Å². The zero-order valence-corrected chi connectivity index (χ0v) is 7.62. The lowest BCUT2D eigenvalue weighted by atomic mass is 10.2. The molecule has 0 heterocycles. The lowest BCUT2D eigenvalue weighted by Crippen LogP contribution is -1.80. The smallest absolute Gasteiger partial charge is 0.109 e. The van der Waals surface area contributed by atoms with Crippen LogP contribution in [0, 0.1) is 6.61 Å². The molecule has 0 saturated heterocycles. The predicted molar refractivity (Wildman–Crippen MR) is 48.6 cm³/mol. The van der Waals surface area contributed by atoms with Crippen LogP contribution in [0.15, 0.2) is 23.1 Å². The molecule has 0 amide bonds. The van der Waals surface area contributed by atoms with Crippen LogP contribution in [-0.4, -0.2) is 11.4 Å². The molecule has 0 bridgehead atoms. The van der Waals surface area contributed by atoms with Crippen LogP contribution >= 0.6 is 23.4 Å². The molecule has 0 aromatic heterocycles. The molecule has 0 unspecified atom stereocenters. The topological polar surface area (TPSA) is 20.2 Å². The minimum Gasteiger partial charge on any atom is -0.385 e. The summed E-state index contributed by atoms with van der Waals surface area (Å²) in [7, 11) is 0. The molecule has 0 saturated carbocycles. The first-order chi connectivity index (χ1) is 5.27. The highest BCUT2D eigenvalue weighted by Gasteiger charge is 1.98. The van der Waals surface area contributed by atoms with Gasteiger partial charge >= 0.3 is 0 Å². The van der Waals surface area contributed by atoms with Crippen LogP contribution in [0.2, 0.25) is 5.02 Å². The largest absolute Gasteiger partial charge is 0.385 e. The van der Waals surface area contributed by atoms with Crippen molar-refractivity contribution < 1.29 is 5.11 Å². The van der Waals surface area contributed by atoms with E-state index in [2.05, 4.69) is 0 Å². The van der Waals surface area contributed by atoms with E-state index in [1.165, 1.54) is 0 Å². The number of aliphatic hydroxyl groups is 1. The lowest BCUT2D eigenvalue weighted by Gasteiger charge is -2.01. The summed E-state index contributed by atoms with van der Waals surface area (Å²) >= 11 is 7.44. The number of hydrogen-bond acceptors (Lipinski definition) is 2. The maximum atomic E-state index is 8.64. The van der Waals surface area contributed by atoms with Crippen molar-refractivity contribution in [3.63, 3.8) is 0 Å². The molecule has 1 nitrogen and oxygen atoms in total. The number of halogens is 1. The predicted octanol–water partition coefficient (Wildman–Crippen LogP) is 2.94. The zero-order valence-electron chi connectivity index (χ0n) is 6.04. The molecule has 1 aromatic rings. The first-order valence-corrected chi connectivity index (χ1v) is 4.69. The standard InChI is InChI=1S/C8H8ClOS/c1-11-8-3-2-6(5-10)4-7(8)9/h2-5,10H,1H3. The fourth-order valence-electron chi connectivity index (χ4n) is 0.763. The molecule has 0 aliphatic carbocycles. The summed E-state index contributed by atoms with van der Waals surface area (Å²) in [4.78, 5) is 1.03. The molecule has 3 heteroatoms. The summed E-state index contributed by atoms with van der Waals surface area (Å²) < 4.78 is 0. The van der Waals surface area contributed by atoms with Gasteiger partial charge in [-0.3, -0.25) is 0 Å². The molecule has 0 atom stereocenters. The van der Waals surface area contributed by atoms with Crippen molar-refractivity contribution in [3.8, 4) is 0 Å². The van der Waals surface area contributed by atoms with Crippen LogP contribution in [0.1, 0.15) is 5.56 Å². The van der Waals surface area contributed by atoms with E-state index < -0.39 is 0 Å². The summed E-state index contributed by atoms with van der Waals surface area (Å²) in [5, 5.41) is 9.32. The molecule has 1 radical (unpaired) electrons. The number of hydrogen-bond donors (Lipinski definition) is 1. The molecule has 0 aliphatic rings. The maximum Gasteiger partial charge on any atom is 0.109 e. The lowest BCUT2D eigenvalue weighted by molar-refractivity contribution is 0.415. The summed E-state index contributed by atoms with van der Waals surface area (Å²) in [6.45, 7) is 1.04. The molecule has 1 N–H and O–H groups in total. The highest BCUT2D eigenvalue weighted by molar-refractivity contribution is 7.98. The first-order valence-electron chi connectivity index (χ1n) is 3.09. The van der Waals surface area contributed by atoms with Gasteiger partial charge in [-0.1, -0.05) is 17.7 Å². The third-order valence-electron chi connectivity index (χ3n) is 1.32. The van der Waals surface area contributed by atoms with Gasteiger partial charge < -0.3 is 5.11 Å². The van der Waals surface area contributed by atoms with E-state index in [1.807, 2.05) is 18.4 Å². The number of rotatable bonds is 2. The normalized spacial score (nSPS) is 10.1. The summed E-state index contributed by atoms with van der Waals surface area (Å²) in [5.74, 6) is 0. The molecule has 1 aromatic carbocycles. The Balaban J connectivity index is 2.99.